The van der Waals surface area contributed by atoms with E-state index in [0.29, 0.717) is 12.0 Å². The minimum absolute atomic E-state index is 0.134. The van der Waals surface area contributed by atoms with Gasteiger partial charge in [0.15, 0.2) is 0 Å². The molecule has 90 valence electrons. The third-order valence-corrected chi connectivity index (χ3v) is 1.78. The zero-order chi connectivity index (χ0) is 12.1. The molecule has 0 aromatic rings. The van der Waals surface area contributed by atoms with Crippen molar-refractivity contribution in [1.82, 2.24) is 5.48 Å². The Kier molecular flexibility index (Phi) is 6.15. The fourth-order valence-electron chi connectivity index (χ4n) is 1.31. The molecule has 0 bridgehead atoms. The SMILES string of the molecule is CC(C)=CC(CC(C)C)NOC(C)(C)C. The first-order valence-electron chi connectivity index (χ1n) is 5.79. The van der Waals surface area contributed by atoms with Crippen LogP contribution in [0.4, 0.5) is 0 Å². The third-order valence-electron chi connectivity index (χ3n) is 1.78. The predicted molar refractivity (Wildman–Crippen MR) is 66.6 cm³/mol. The molecule has 1 atom stereocenters. The number of hydrogen-bond donors (Lipinski definition) is 1. The van der Waals surface area contributed by atoms with Gasteiger partial charge < -0.3 is 0 Å². The standard InChI is InChI=1S/C13H27NO/c1-10(2)8-12(9-11(3)4)14-15-13(5,6)7/h8,11-12,14H,9H2,1-7H3. The molecule has 0 rings (SSSR count). The summed E-state index contributed by atoms with van der Waals surface area (Å²) in [5, 5.41) is 0. The zero-order valence-corrected chi connectivity index (χ0v) is 11.3. The third kappa shape index (κ3) is 9.95. The number of allylic oxidation sites excluding steroid dienone is 1. The average molecular weight is 213 g/mol. The summed E-state index contributed by atoms with van der Waals surface area (Å²) >= 11 is 0. The van der Waals surface area contributed by atoms with Gasteiger partial charge in [0.25, 0.3) is 0 Å². The first-order valence-corrected chi connectivity index (χ1v) is 5.79. The van der Waals surface area contributed by atoms with E-state index in [9.17, 15) is 0 Å². The van der Waals surface area contributed by atoms with E-state index in [1.165, 1.54) is 5.57 Å². The van der Waals surface area contributed by atoms with Gasteiger partial charge in [0.05, 0.1) is 11.6 Å². The van der Waals surface area contributed by atoms with E-state index in [0.717, 1.165) is 6.42 Å². The van der Waals surface area contributed by atoms with E-state index in [-0.39, 0.29) is 5.60 Å². The van der Waals surface area contributed by atoms with Crippen molar-refractivity contribution in [2.45, 2.75) is 66.5 Å². The molecule has 0 saturated heterocycles. The fourth-order valence-corrected chi connectivity index (χ4v) is 1.31. The van der Waals surface area contributed by atoms with Crippen LogP contribution >= 0.6 is 0 Å². The lowest BCUT2D eigenvalue weighted by Gasteiger charge is -2.24. The molecule has 0 amide bonds. The predicted octanol–water partition coefficient (Wildman–Crippen LogP) is 3.69. The van der Waals surface area contributed by atoms with E-state index in [2.05, 4.69) is 60.0 Å². The Balaban J connectivity index is 4.20. The summed E-state index contributed by atoms with van der Waals surface area (Å²) in [6.45, 7) is 14.8. The van der Waals surface area contributed by atoms with Crippen molar-refractivity contribution in [1.29, 1.82) is 0 Å². The van der Waals surface area contributed by atoms with Gasteiger partial charge in [-0.15, -0.1) is 0 Å². The van der Waals surface area contributed by atoms with Crippen molar-refractivity contribution in [2.24, 2.45) is 5.92 Å². The second kappa shape index (κ2) is 6.29. The highest BCUT2D eigenvalue weighted by atomic mass is 16.7. The largest absolute Gasteiger partial charge is 0.296 e. The Morgan fingerprint density at radius 3 is 2.13 bits per heavy atom. The molecule has 0 aromatic heterocycles. The highest BCUT2D eigenvalue weighted by molar-refractivity contribution is 5.00. The molecule has 0 aromatic carbocycles. The average Bonchev–Trinajstić information content (AvgIpc) is 1.96. The van der Waals surface area contributed by atoms with Crippen LogP contribution in [0.2, 0.25) is 0 Å². The quantitative estimate of drug-likeness (QED) is 0.555. The van der Waals surface area contributed by atoms with Gasteiger partial charge in [-0.1, -0.05) is 25.5 Å². The van der Waals surface area contributed by atoms with Crippen molar-refractivity contribution in [3.05, 3.63) is 11.6 Å². The zero-order valence-electron chi connectivity index (χ0n) is 11.3. The Morgan fingerprint density at radius 2 is 1.80 bits per heavy atom. The van der Waals surface area contributed by atoms with Gasteiger partial charge >= 0.3 is 0 Å². The van der Waals surface area contributed by atoms with E-state index in [1.54, 1.807) is 0 Å². The second-order valence-electron chi connectivity index (χ2n) is 5.81. The summed E-state index contributed by atoms with van der Waals surface area (Å²) in [4.78, 5) is 5.60. The molecule has 0 radical (unpaired) electrons. The van der Waals surface area contributed by atoms with Crippen molar-refractivity contribution in [3.63, 3.8) is 0 Å². The normalized spacial score (nSPS) is 14.1. The maximum Gasteiger partial charge on any atom is 0.0813 e. The van der Waals surface area contributed by atoms with Gasteiger partial charge in [0, 0.05) is 0 Å². The molecule has 0 aliphatic carbocycles. The maximum absolute atomic E-state index is 5.60. The Morgan fingerprint density at radius 1 is 1.27 bits per heavy atom. The summed E-state index contributed by atoms with van der Waals surface area (Å²) < 4.78 is 0. The molecule has 1 unspecified atom stereocenters. The van der Waals surface area contributed by atoms with Crippen LogP contribution in [0.3, 0.4) is 0 Å². The summed E-state index contributed by atoms with van der Waals surface area (Å²) in [5.41, 5.74) is 4.34. The Hall–Kier alpha value is -0.340. The molecule has 0 spiro atoms. The van der Waals surface area contributed by atoms with Gasteiger partial charge in [-0.2, -0.15) is 5.48 Å². The lowest BCUT2D eigenvalue weighted by atomic mass is 10.0. The van der Waals surface area contributed by atoms with E-state index >= 15 is 0 Å². The number of hydroxylamine groups is 1. The van der Waals surface area contributed by atoms with Crippen LogP contribution in [-0.4, -0.2) is 11.6 Å². The summed E-state index contributed by atoms with van der Waals surface area (Å²) in [5.74, 6) is 0.668. The van der Waals surface area contributed by atoms with Crippen LogP contribution < -0.4 is 5.48 Å². The highest BCUT2D eigenvalue weighted by Gasteiger charge is 2.14. The minimum atomic E-state index is -0.134. The molecule has 15 heavy (non-hydrogen) atoms. The smallest absolute Gasteiger partial charge is 0.0813 e. The minimum Gasteiger partial charge on any atom is -0.296 e. The van der Waals surface area contributed by atoms with Gasteiger partial charge in [-0.25, -0.2) is 0 Å². The topological polar surface area (TPSA) is 21.3 Å². The van der Waals surface area contributed by atoms with Crippen LogP contribution in [0.25, 0.3) is 0 Å². The molecule has 0 saturated carbocycles. The Bertz CT molecular complexity index is 197. The van der Waals surface area contributed by atoms with E-state index in [4.69, 9.17) is 4.84 Å². The summed E-state index contributed by atoms with van der Waals surface area (Å²) in [6, 6.07) is 0.314. The first kappa shape index (κ1) is 14.7. The monoisotopic (exact) mass is 213 g/mol. The van der Waals surface area contributed by atoms with Crippen molar-refractivity contribution in [3.8, 4) is 0 Å². The molecule has 1 N–H and O–H groups in total. The number of rotatable bonds is 5. The first-order chi connectivity index (χ1) is 6.70. The lowest BCUT2D eigenvalue weighted by Crippen LogP contribution is -2.36. The van der Waals surface area contributed by atoms with Crippen molar-refractivity contribution in [2.75, 3.05) is 0 Å². The van der Waals surface area contributed by atoms with Crippen LogP contribution in [0, 0.1) is 5.92 Å². The van der Waals surface area contributed by atoms with Crippen LogP contribution in [-0.2, 0) is 4.84 Å². The molecule has 2 nitrogen and oxygen atoms in total. The molecular formula is C13H27NO. The lowest BCUT2D eigenvalue weighted by molar-refractivity contribution is -0.0841. The number of nitrogens with one attached hydrogen (secondary N) is 1. The van der Waals surface area contributed by atoms with Gasteiger partial charge in [0.2, 0.25) is 0 Å². The highest BCUT2D eigenvalue weighted by Crippen LogP contribution is 2.11. The van der Waals surface area contributed by atoms with Gasteiger partial charge in [-0.05, 0) is 47.0 Å². The number of hydrogen-bond acceptors (Lipinski definition) is 2. The van der Waals surface area contributed by atoms with E-state index in [1.807, 2.05) is 0 Å². The second-order valence-corrected chi connectivity index (χ2v) is 5.81. The Labute approximate surface area is 95.0 Å². The van der Waals surface area contributed by atoms with Crippen LogP contribution in [0.5, 0.6) is 0 Å². The molecule has 0 aliphatic heterocycles. The van der Waals surface area contributed by atoms with Crippen LogP contribution in [0.15, 0.2) is 11.6 Å². The maximum atomic E-state index is 5.60. The summed E-state index contributed by atoms with van der Waals surface area (Å²) in [6.07, 6.45) is 3.33. The molecular weight excluding hydrogens is 186 g/mol. The van der Waals surface area contributed by atoms with Crippen molar-refractivity contribution >= 4 is 0 Å². The fraction of sp³-hybridized carbons (Fsp3) is 0.846. The van der Waals surface area contributed by atoms with Crippen molar-refractivity contribution < 1.29 is 4.84 Å². The molecule has 0 fully saturated rings. The molecule has 0 heterocycles. The van der Waals surface area contributed by atoms with Gasteiger partial charge in [-0.3, -0.25) is 4.84 Å². The summed E-state index contributed by atoms with van der Waals surface area (Å²) in [7, 11) is 0. The van der Waals surface area contributed by atoms with Crippen LogP contribution in [0.1, 0.15) is 54.9 Å². The molecule has 2 heteroatoms. The molecule has 0 aliphatic rings. The van der Waals surface area contributed by atoms with E-state index < -0.39 is 0 Å². The van der Waals surface area contributed by atoms with Gasteiger partial charge in [0.1, 0.15) is 0 Å².